The zero-order chi connectivity index (χ0) is 17.7. The molecule has 0 bridgehead atoms. The predicted molar refractivity (Wildman–Crippen MR) is 89.8 cm³/mol. The van der Waals surface area contributed by atoms with Gasteiger partial charge in [-0.2, -0.15) is 0 Å². The minimum absolute atomic E-state index is 0.201. The first-order valence-electron chi connectivity index (χ1n) is 6.84. The first-order chi connectivity index (χ1) is 10.7. The van der Waals surface area contributed by atoms with Crippen molar-refractivity contribution in [3.05, 3.63) is 58.1 Å². The molecule has 2 aromatic rings. The second kappa shape index (κ2) is 7.31. The highest BCUT2D eigenvalue weighted by Gasteiger charge is 2.12. The molecule has 0 fully saturated rings. The number of benzene rings is 2. The minimum atomic E-state index is -0.972. The Balaban J connectivity index is 0.000000231. The molecule has 2 rings (SSSR count). The van der Waals surface area contributed by atoms with Crippen LogP contribution in [0.25, 0.3) is 0 Å². The number of carboxylic acids is 2. The van der Waals surface area contributed by atoms with E-state index < -0.39 is 11.9 Å². The number of carboxylic acid groups (broad SMARTS) is 2. The van der Waals surface area contributed by atoms with Crippen molar-refractivity contribution in [2.24, 2.45) is 0 Å². The molecule has 0 amide bonds. The van der Waals surface area contributed by atoms with E-state index in [0.717, 1.165) is 11.1 Å². The van der Waals surface area contributed by atoms with Gasteiger partial charge in [0.1, 0.15) is 0 Å². The molecule has 0 saturated carbocycles. The summed E-state index contributed by atoms with van der Waals surface area (Å²) in [5.41, 5.74) is 14.4. The van der Waals surface area contributed by atoms with Crippen LogP contribution in [0.1, 0.15) is 37.4 Å². The Morgan fingerprint density at radius 3 is 1.70 bits per heavy atom. The van der Waals surface area contributed by atoms with Crippen LogP contribution in [0.3, 0.4) is 0 Å². The highest BCUT2D eigenvalue weighted by Crippen LogP contribution is 2.19. The molecule has 2 aromatic carbocycles. The highest BCUT2D eigenvalue weighted by molar-refractivity contribution is 5.96. The summed E-state index contributed by atoms with van der Waals surface area (Å²) in [6, 6.07) is 8.47. The topological polar surface area (TPSA) is 127 Å². The molecule has 23 heavy (non-hydrogen) atoms. The summed E-state index contributed by atoms with van der Waals surface area (Å²) in [7, 11) is 0. The Morgan fingerprint density at radius 1 is 0.783 bits per heavy atom. The molecule has 0 radical (unpaired) electrons. The van der Waals surface area contributed by atoms with Crippen LogP contribution < -0.4 is 11.5 Å². The van der Waals surface area contributed by atoms with Crippen molar-refractivity contribution < 1.29 is 19.8 Å². The molecule has 0 atom stereocenters. The van der Waals surface area contributed by atoms with Crippen LogP contribution in [0.5, 0.6) is 0 Å². The number of rotatable bonds is 2. The van der Waals surface area contributed by atoms with Crippen LogP contribution in [0, 0.1) is 20.8 Å². The molecule has 0 aromatic heterocycles. The summed E-state index contributed by atoms with van der Waals surface area (Å²) in [6.07, 6.45) is 0. The molecule has 0 saturated heterocycles. The first-order valence-corrected chi connectivity index (χ1v) is 6.84. The van der Waals surface area contributed by atoms with Gasteiger partial charge in [0.2, 0.25) is 0 Å². The fourth-order valence-corrected chi connectivity index (χ4v) is 2.10. The average molecular weight is 316 g/mol. The molecule has 0 unspecified atom stereocenters. The maximum absolute atomic E-state index is 10.7. The number of anilines is 2. The summed E-state index contributed by atoms with van der Waals surface area (Å²) in [6.45, 7) is 5.34. The van der Waals surface area contributed by atoms with Gasteiger partial charge in [0.15, 0.2) is 0 Å². The molecule has 0 aliphatic carbocycles. The predicted octanol–water partition coefficient (Wildman–Crippen LogP) is 2.86. The van der Waals surface area contributed by atoms with Crippen molar-refractivity contribution in [3.63, 3.8) is 0 Å². The van der Waals surface area contributed by atoms with Gasteiger partial charge in [0.25, 0.3) is 0 Å². The van der Waals surface area contributed by atoms with E-state index in [-0.39, 0.29) is 11.1 Å². The fourth-order valence-electron chi connectivity index (χ4n) is 2.10. The van der Waals surface area contributed by atoms with E-state index in [2.05, 4.69) is 0 Å². The van der Waals surface area contributed by atoms with Gasteiger partial charge in [0.05, 0.1) is 11.1 Å². The van der Waals surface area contributed by atoms with Crippen LogP contribution in [0.2, 0.25) is 0 Å². The summed E-state index contributed by atoms with van der Waals surface area (Å²) in [4.78, 5) is 21.3. The zero-order valence-electron chi connectivity index (χ0n) is 13.3. The monoisotopic (exact) mass is 316 g/mol. The molecule has 0 aliphatic rings. The van der Waals surface area contributed by atoms with E-state index in [4.69, 9.17) is 21.7 Å². The lowest BCUT2D eigenvalue weighted by Crippen LogP contribution is -2.05. The van der Waals surface area contributed by atoms with Crippen LogP contribution >= 0.6 is 0 Å². The molecular formula is C17H20N2O4. The van der Waals surface area contributed by atoms with E-state index in [1.54, 1.807) is 38.1 Å². The van der Waals surface area contributed by atoms with Gasteiger partial charge < -0.3 is 21.7 Å². The second-order valence-corrected chi connectivity index (χ2v) is 5.12. The summed E-state index contributed by atoms with van der Waals surface area (Å²) in [5, 5.41) is 17.5. The van der Waals surface area contributed by atoms with Crippen molar-refractivity contribution in [2.45, 2.75) is 20.8 Å². The Hall–Kier alpha value is -3.02. The molecule has 6 heteroatoms. The molecule has 6 N–H and O–H groups in total. The van der Waals surface area contributed by atoms with Crippen molar-refractivity contribution in [2.75, 3.05) is 11.5 Å². The molecular weight excluding hydrogens is 296 g/mol. The average Bonchev–Trinajstić information content (AvgIpc) is 2.43. The Bertz CT molecular complexity index is 734. The second-order valence-electron chi connectivity index (χ2n) is 5.12. The van der Waals surface area contributed by atoms with Crippen LogP contribution in [-0.2, 0) is 0 Å². The van der Waals surface area contributed by atoms with Crippen LogP contribution in [0.4, 0.5) is 11.4 Å². The Labute approximate surface area is 134 Å². The summed E-state index contributed by atoms with van der Waals surface area (Å²) in [5.74, 6) is -1.94. The van der Waals surface area contributed by atoms with Gasteiger partial charge in [-0.1, -0.05) is 18.2 Å². The van der Waals surface area contributed by atoms with E-state index >= 15 is 0 Å². The summed E-state index contributed by atoms with van der Waals surface area (Å²) >= 11 is 0. The third kappa shape index (κ3) is 4.23. The minimum Gasteiger partial charge on any atom is -0.478 e. The number of carbonyl (C=O) groups is 2. The molecule has 0 spiro atoms. The smallest absolute Gasteiger partial charge is 0.338 e. The van der Waals surface area contributed by atoms with E-state index in [0.29, 0.717) is 16.9 Å². The van der Waals surface area contributed by atoms with Gasteiger partial charge in [-0.25, -0.2) is 9.59 Å². The number of hydrogen-bond donors (Lipinski definition) is 4. The maximum Gasteiger partial charge on any atom is 0.338 e. The number of nitrogen functional groups attached to an aromatic ring is 2. The van der Waals surface area contributed by atoms with Crippen molar-refractivity contribution in [1.29, 1.82) is 0 Å². The third-order valence-electron chi connectivity index (χ3n) is 3.50. The van der Waals surface area contributed by atoms with Crippen LogP contribution in [-0.4, -0.2) is 22.2 Å². The molecule has 0 heterocycles. The summed E-state index contributed by atoms with van der Waals surface area (Å²) < 4.78 is 0. The SMILES string of the molecule is Cc1ccc(N)c(C(=O)O)c1C.Cc1cccc(N)c1C(=O)O. The van der Waals surface area contributed by atoms with E-state index in [9.17, 15) is 9.59 Å². The zero-order valence-corrected chi connectivity index (χ0v) is 13.3. The maximum atomic E-state index is 10.7. The number of aryl methyl sites for hydroxylation is 2. The van der Waals surface area contributed by atoms with Crippen molar-refractivity contribution in [3.8, 4) is 0 Å². The van der Waals surface area contributed by atoms with Gasteiger partial charge in [-0.15, -0.1) is 0 Å². The lowest BCUT2D eigenvalue weighted by molar-refractivity contribution is 0.0686. The largest absolute Gasteiger partial charge is 0.478 e. The standard InChI is InChI=1S/C9H11NO2.C8H9NO2/c1-5-3-4-7(10)8(6(5)2)9(11)12;1-5-3-2-4-6(9)7(5)8(10)11/h3-4H,10H2,1-2H3,(H,11,12);2-4H,9H2,1H3,(H,10,11). The van der Waals surface area contributed by atoms with Gasteiger partial charge in [-0.05, 0) is 49.6 Å². The van der Waals surface area contributed by atoms with E-state index in [1.165, 1.54) is 0 Å². The molecule has 0 aliphatic heterocycles. The van der Waals surface area contributed by atoms with Gasteiger partial charge in [0, 0.05) is 11.4 Å². The normalized spacial score (nSPS) is 9.70. The molecule has 122 valence electrons. The first kappa shape index (κ1) is 18.0. The van der Waals surface area contributed by atoms with Gasteiger partial charge >= 0.3 is 11.9 Å². The van der Waals surface area contributed by atoms with E-state index in [1.807, 2.05) is 13.0 Å². The Kier molecular flexibility index (Phi) is 5.73. The van der Waals surface area contributed by atoms with Crippen molar-refractivity contribution in [1.82, 2.24) is 0 Å². The molecule has 6 nitrogen and oxygen atoms in total. The lowest BCUT2D eigenvalue weighted by atomic mass is 10.0. The van der Waals surface area contributed by atoms with Gasteiger partial charge in [-0.3, -0.25) is 0 Å². The fraction of sp³-hybridized carbons (Fsp3) is 0.176. The lowest BCUT2D eigenvalue weighted by Gasteiger charge is -2.06. The number of aromatic carboxylic acids is 2. The quantitative estimate of drug-likeness (QED) is 0.631. The highest BCUT2D eigenvalue weighted by atomic mass is 16.4. The Morgan fingerprint density at radius 2 is 1.30 bits per heavy atom. The number of hydrogen-bond acceptors (Lipinski definition) is 4. The van der Waals surface area contributed by atoms with Crippen LogP contribution in [0.15, 0.2) is 30.3 Å². The third-order valence-corrected chi connectivity index (χ3v) is 3.50. The number of nitrogens with two attached hydrogens (primary N) is 2. The van der Waals surface area contributed by atoms with Crippen molar-refractivity contribution >= 4 is 23.3 Å².